The highest BCUT2D eigenvalue weighted by Gasteiger charge is 2.38. The molecule has 8 aromatic rings. The molecule has 0 saturated carbocycles. The number of allylic oxidation sites excluding steroid dienone is 1. The van der Waals surface area contributed by atoms with Crippen LogP contribution in [0.5, 0.6) is 0 Å². The van der Waals surface area contributed by atoms with Gasteiger partial charge in [-0.2, -0.15) is 0 Å². The third-order valence-corrected chi connectivity index (χ3v) is 11.9. The second kappa shape index (κ2) is 9.91. The number of hydrogen-bond acceptors (Lipinski definition) is 1. The minimum atomic E-state index is -0.130. The summed E-state index contributed by atoms with van der Waals surface area (Å²) in [6.45, 7) is 4.86. The number of nitrogens with zero attached hydrogens (tertiary/aromatic N) is 1. The highest BCUT2D eigenvalue weighted by molar-refractivity contribution is 7.25. The molecule has 0 aliphatic heterocycles. The van der Waals surface area contributed by atoms with E-state index in [1.165, 1.54) is 87.0 Å². The monoisotopic (exact) mass is 619 g/mol. The van der Waals surface area contributed by atoms with Gasteiger partial charge >= 0.3 is 0 Å². The lowest BCUT2D eigenvalue weighted by atomic mass is 9.80. The molecule has 10 rings (SSSR count). The molecule has 2 heterocycles. The molecular weight excluding hydrogens is 587 g/mol. The van der Waals surface area contributed by atoms with Gasteiger partial charge < -0.3 is 4.57 Å². The molecule has 0 bridgehead atoms. The molecule has 1 unspecified atom stereocenters. The topological polar surface area (TPSA) is 4.93 Å². The van der Waals surface area contributed by atoms with E-state index < -0.39 is 0 Å². The first-order chi connectivity index (χ1) is 23.1. The Hall–Kier alpha value is -5.18. The highest BCUT2D eigenvalue weighted by atomic mass is 32.1. The van der Waals surface area contributed by atoms with Gasteiger partial charge in [0.05, 0.1) is 5.52 Å². The van der Waals surface area contributed by atoms with E-state index in [9.17, 15) is 0 Å². The molecule has 1 atom stereocenters. The summed E-state index contributed by atoms with van der Waals surface area (Å²) in [4.78, 5) is 0. The Morgan fingerprint density at radius 1 is 0.660 bits per heavy atom. The smallest absolute Gasteiger partial charge is 0.0543 e. The third kappa shape index (κ3) is 3.89. The molecule has 2 aliphatic rings. The Bertz CT molecular complexity index is 2560. The highest BCUT2D eigenvalue weighted by Crippen LogP contribution is 2.54. The summed E-state index contributed by atoms with van der Waals surface area (Å²) in [5.41, 5.74) is 14.6. The Balaban J connectivity index is 1.20. The van der Waals surface area contributed by atoms with Gasteiger partial charge in [0.2, 0.25) is 0 Å². The first-order valence-corrected chi connectivity index (χ1v) is 17.4. The number of benzene rings is 6. The zero-order chi connectivity index (χ0) is 31.3. The quantitative estimate of drug-likeness (QED) is 0.185. The summed E-state index contributed by atoms with van der Waals surface area (Å²) >= 11 is 1.91. The maximum Gasteiger partial charge on any atom is 0.0543 e. The van der Waals surface area contributed by atoms with Gasteiger partial charge in [-0.1, -0.05) is 129 Å². The molecule has 2 heteroatoms. The fraction of sp³-hybridized carbons (Fsp3) is 0.111. The maximum atomic E-state index is 2.57. The minimum Gasteiger partial charge on any atom is -0.313 e. The van der Waals surface area contributed by atoms with E-state index in [0.717, 1.165) is 6.42 Å². The molecule has 0 fully saturated rings. The molecule has 0 saturated heterocycles. The molecule has 0 amide bonds. The van der Waals surface area contributed by atoms with Crippen molar-refractivity contribution in [3.8, 4) is 27.9 Å². The summed E-state index contributed by atoms with van der Waals surface area (Å²) in [6.07, 6.45) is 5.75. The van der Waals surface area contributed by atoms with Crippen molar-refractivity contribution in [2.45, 2.75) is 31.6 Å². The van der Waals surface area contributed by atoms with Gasteiger partial charge in [-0.25, -0.2) is 0 Å². The van der Waals surface area contributed by atoms with Gasteiger partial charge in [0.15, 0.2) is 0 Å². The number of hydrogen-bond donors (Lipinski definition) is 0. The van der Waals surface area contributed by atoms with Crippen molar-refractivity contribution >= 4 is 48.5 Å². The van der Waals surface area contributed by atoms with E-state index in [1.54, 1.807) is 0 Å². The van der Waals surface area contributed by atoms with Gasteiger partial charge in [-0.15, -0.1) is 11.3 Å². The number of thiophene rings is 1. The second-order valence-electron chi connectivity index (χ2n) is 13.7. The molecule has 1 nitrogen and oxygen atoms in total. The van der Waals surface area contributed by atoms with Crippen molar-refractivity contribution in [2.75, 3.05) is 0 Å². The zero-order valence-corrected chi connectivity index (χ0v) is 27.3. The van der Waals surface area contributed by atoms with Crippen molar-refractivity contribution in [1.82, 2.24) is 4.57 Å². The lowest BCUT2D eigenvalue weighted by Crippen LogP contribution is -2.16. The van der Waals surface area contributed by atoms with Crippen LogP contribution in [-0.4, -0.2) is 4.57 Å². The summed E-state index contributed by atoms with van der Waals surface area (Å²) in [5, 5.41) is 4.12. The number of aromatic nitrogens is 1. The largest absolute Gasteiger partial charge is 0.313 e. The molecule has 0 radical (unpaired) electrons. The summed E-state index contributed by atoms with van der Waals surface area (Å²) in [6, 6.07) is 49.7. The molecule has 2 aromatic heterocycles. The molecular formula is C45H33NS. The minimum absolute atomic E-state index is 0.130. The molecule has 47 heavy (non-hydrogen) atoms. The number of rotatable bonds is 3. The molecule has 6 aromatic carbocycles. The van der Waals surface area contributed by atoms with Gasteiger partial charge in [0.1, 0.15) is 0 Å². The summed E-state index contributed by atoms with van der Waals surface area (Å²) in [5.74, 6) is 0.343. The Labute approximate surface area is 279 Å². The van der Waals surface area contributed by atoms with Crippen molar-refractivity contribution in [3.05, 3.63) is 167 Å². The van der Waals surface area contributed by atoms with Crippen molar-refractivity contribution < 1.29 is 0 Å². The Kier molecular flexibility index (Phi) is 5.69. The van der Waals surface area contributed by atoms with Gasteiger partial charge in [0, 0.05) is 53.8 Å². The summed E-state index contributed by atoms with van der Waals surface area (Å²) in [7, 11) is 0. The molecule has 224 valence electrons. The van der Waals surface area contributed by atoms with Crippen LogP contribution in [0.25, 0.3) is 65.1 Å². The van der Waals surface area contributed by atoms with Crippen LogP contribution in [0.15, 0.2) is 140 Å². The van der Waals surface area contributed by atoms with Gasteiger partial charge in [-0.3, -0.25) is 0 Å². The van der Waals surface area contributed by atoms with Crippen LogP contribution < -0.4 is 0 Å². The van der Waals surface area contributed by atoms with E-state index in [1.807, 2.05) is 11.3 Å². The van der Waals surface area contributed by atoms with E-state index in [-0.39, 0.29) is 5.41 Å². The van der Waals surface area contributed by atoms with Crippen molar-refractivity contribution in [1.29, 1.82) is 0 Å². The van der Waals surface area contributed by atoms with Crippen LogP contribution in [0.4, 0.5) is 0 Å². The second-order valence-corrected chi connectivity index (χ2v) is 14.8. The van der Waals surface area contributed by atoms with Crippen LogP contribution in [0.1, 0.15) is 47.7 Å². The van der Waals surface area contributed by atoms with Crippen molar-refractivity contribution in [2.24, 2.45) is 0 Å². The first kappa shape index (κ1) is 27.0. The average molecular weight is 620 g/mol. The summed E-state index contributed by atoms with van der Waals surface area (Å²) < 4.78 is 5.32. The zero-order valence-electron chi connectivity index (χ0n) is 26.5. The molecule has 2 aliphatic carbocycles. The van der Waals surface area contributed by atoms with E-state index in [0.29, 0.717) is 5.92 Å². The lowest BCUT2D eigenvalue weighted by Gasteiger charge is -2.24. The van der Waals surface area contributed by atoms with Crippen LogP contribution >= 0.6 is 11.3 Å². The van der Waals surface area contributed by atoms with Gasteiger partial charge in [-0.05, 0) is 75.7 Å². The molecule has 0 spiro atoms. The standard InChI is InChI=1S/C45H33NS/c1-45(2)38-27-32(19-22-33(38)36-23-24-42-43(44(36)45)37-15-9-10-16-41(37)47-42)46-39-25-30(28-11-5-3-6-12-28)17-20-34(39)35-21-18-31(26-40(35)46)29-13-7-4-8-14-29/h3-25,27,31H,26H2,1-2H3. The van der Waals surface area contributed by atoms with E-state index in [4.69, 9.17) is 0 Å². The third-order valence-electron chi connectivity index (χ3n) is 10.7. The van der Waals surface area contributed by atoms with Crippen molar-refractivity contribution in [3.63, 3.8) is 0 Å². The van der Waals surface area contributed by atoms with Gasteiger partial charge in [0.25, 0.3) is 0 Å². The van der Waals surface area contributed by atoms with E-state index in [2.05, 4.69) is 164 Å². The fourth-order valence-corrected chi connectivity index (χ4v) is 9.64. The predicted molar refractivity (Wildman–Crippen MR) is 201 cm³/mol. The maximum absolute atomic E-state index is 2.57. The van der Waals surface area contributed by atoms with Crippen LogP contribution in [-0.2, 0) is 11.8 Å². The Morgan fingerprint density at radius 2 is 1.43 bits per heavy atom. The SMILES string of the molecule is CC1(C)c2cc(-n3c4c(c5ccc(-c6ccccc6)cc53)C=CC(c3ccccc3)C4)ccc2-c2ccc3sc4ccccc4c3c21. The average Bonchev–Trinajstić information content (AvgIpc) is 3.73. The number of fused-ring (bicyclic) bond motifs is 10. The van der Waals surface area contributed by atoms with Crippen LogP contribution in [0.3, 0.4) is 0 Å². The van der Waals surface area contributed by atoms with Crippen LogP contribution in [0.2, 0.25) is 0 Å². The lowest BCUT2D eigenvalue weighted by molar-refractivity contribution is 0.665. The fourth-order valence-electron chi connectivity index (χ4n) is 8.52. The first-order valence-electron chi connectivity index (χ1n) is 16.6. The Morgan fingerprint density at radius 3 is 2.28 bits per heavy atom. The van der Waals surface area contributed by atoms with E-state index >= 15 is 0 Å². The normalized spacial score (nSPS) is 16.1. The molecule has 0 N–H and O–H groups in total. The predicted octanol–water partition coefficient (Wildman–Crippen LogP) is 12.3. The van der Waals surface area contributed by atoms with Crippen LogP contribution in [0, 0.1) is 0 Å².